The third-order valence-corrected chi connectivity index (χ3v) is 4.91. The molecule has 1 unspecified atom stereocenters. The lowest BCUT2D eigenvalue weighted by Gasteiger charge is -2.24. The van der Waals surface area contributed by atoms with Crippen LogP contribution in [0.15, 0.2) is 28.8 Å². The van der Waals surface area contributed by atoms with Crippen LogP contribution >= 0.6 is 12.2 Å². The number of rotatable bonds is 8. The van der Waals surface area contributed by atoms with Gasteiger partial charge in [-0.05, 0) is 25.0 Å². The van der Waals surface area contributed by atoms with E-state index >= 15 is 0 Å². The summed E-state index contributed by atoms with van der Waals surface area (Å²) >= 11 is 5.53. The van der Waals surface area contributed by atoms with Gasteiger partial charge in [-0.15, -0.1) is 0 Å². The molecular weight excluding hydrogens is 336 g/mol. The molecule has 136 valence electrons. The number of nitrogens with zero attached hydrogens (tertiary/aromatic N) is 1. The molecule has 0 saturated carbocycles. The Morgan fingerprint density at radius 3 is 2.40 bits per heavy atom. The fourth-order valence-corrected chi connectivity index (χ4v) is 3.21. The minimum Gasteiger partial charge on any atom is -0.496 e. The van der Waals surface area contributed by atoms with Crippen LogP contribution in [-0.2, 0) is 5.41 Å². The van der Waals surface area contributed by atoms with Gasteiger partial charge in [-0.1, -0.05) is 50.6 Å². The summed E-state index contributed by atoms with van der Waals surface area (Å²) in [5, 5.41) is 7.36. The molecule has 1 atom stereocenters. The monoisotopic (exact) mass is 362 g/mol. The number of aromatic nitrogens is 1. The third-order valence-electron chi connectivity index (χ3n) is 4.60. The van der Waals surface area contributed by atoms with Crippen LogP contribution in [0.2, 0.25) is 0 Å². The second-order valence-corrected chi connectivity index (χ2v) is 6.64. The van der Waals surface area contributed by atoms with Gasteiger partial charge in [-0.25, -0.2) is 0 Å². The topological polar surface area (TPSA) is 56.5 Å². The van der Waals surface area contributed by atoms with Crippen molar-refractivity contribution in [1.82, 2.24) is 5.16 Å². The summed E-state index contributed by atoms with van der Waals surface area (Å²) in [6.45, 7) is 6.55. The first-order chi connectivity index (χ1) is 12.0. The number of hydrogen-bond acceptors (Lipinski definition) is 5. The van der Waals surface area contributed by atoms with Crippen molar-refractivity contribution in [2.75, 3.05) is 19.5 Å². The van der Waals surface area contributed by atoms with Crippen LogP contribution in [0.3, 0.4) is 0 Å². The van der Waals surface area contributed by atoms with E-state index in [1.165, 1.54) is 0 Å². The highest BCUT2D eigenvalue weighted by molar-refractivity contribution is 7.81. The summed E-state index contributed by atoms with van der Waals surface area (Å²) < 4.78 is 16.3. The van der Waals surface area contributed by atoms with Gasteiger partial charge in [0.1, 0.15) is 16.5 Å². The van der Waals surface area contributed by atoms with Gasteiger partial charge in [0.2, 0.25) is 5.88 Å². The zero-order valence-electron chi connectivity index (χ0n) is 15.5. The zero-order chi connectivity index (χ0) is 18.4. The molecule has 1 N–H and O–H groups in total. The molecule has 2 aromatic rings. The number of thiocarbonyl (C=S) groups is 1. The Hall–Kier alpha value is -2.08. The molecule has 2 rings (SSSR count). The lowest BCUT2D eigenvalue weighted by atomic mass is 9.80. The molecule has 5 nitrogen and oxygen atoms in total. The van der Waals surface area contributed by atoms with Crippen molar-refractivity contribution in [3.63, 3.8) is 0 Å². The fourth-order valence-electron chi connectivity index (χ4n) is 2.91. The lowest BCUT2D eigenvalue weighted by molar-refractivity contribution is 0.356. The SMILES string of the molecule is CCCC(C)(CC)c1cc(NC(=S)c2c(OC)cccc2OC)on1. The minimum absolute atomic E-state index is 0.00191. The molecule has 0 aliphatic rings. The van der Waals surface area contributed by atoms with Crippen LogP contribution in [0.25, 0.3) is 0 Å². The Morgan fingerprint density at radius 2 is 1.88 bits per heavy atom. The van der Waals surface area contributed by atoms with E-state index < -0.39 is 0 Å². The fraction of sp³-hybridized carbons (Fsp3) is 0.474. The Bertz CT molecular complexity index is 707. The first kappa shape index (κ1) is 19.2. The van der Waals surface area contributed by atoms with Crippen LogP contribution in [0.4, 0.5) is 5.88 Å². The van der Waals surface area contributed by atoms with Crippen LogP contribution in [0, 0.1) is 0 Å². The third kappa shape index (κ3) is 4.12. The molecule has 1 heterocycles. The van der Waals surface area contributed by atoms with E-state index in [0.717, 1.165) is 25.0 Å². The summed E-state index contributed by atoms with van der Waals surface area (Å²) in [6.07, 6.45) is 3.15. The Balaban J connectivity index is 2.26. The first-order valence-electron chi connectivity index (χ1n) is 8.48. The van der Waals surface area contributed by atoms with Crippen LogP contribution in [-0.4, -0.2) is 24.4 Å². The summed E-state index contributed by atoms with van der Waals surface area (Å²) in [7, 11) is 3.20. The smallest absolute Gasteiger partial charge is 0.229 e. The Kier molecular flexibility index (Phi) is 6.42. The van der Waals surface area contributed by atoms with Crippen molar-refractivity contribution >= 4 is 23.1 Å². The second kappa shape index (κ2) is 8.34. The standard InChI is InChI=1S/C19H26N2O3S/c1-6-11-19(3,7-2)15-12-16(24-21-15)20-18(25)17-13(22-4)9-8-10-14(17)23-5/h8-10,12H,6-7,11H2,1-5H3,(H,20,25). The highest BCUT2D eigenvalue weighted by Crippen LogP contribution is 2.34. The predicted molar refractivity (Wildman–Crippen MR) is 104 cm³/mol. The van der Waals surface area contributed by atoms with E-state index in [0.29, 0.717) is 27.9 Å². The zero-order valence-corrected chi connectivity index (χ0v) is 16.3. The van der Waals surface area contributed by atoms with E-state index in [4.69, 9.17) is 26.2 Å². The maximum Gasteiger partial charge on any atom is 0.229 e. The van der Waals surface area contributed by atoms with Crippen molar-refractivity contribution in [1.29, 1.82) is 0 Å². The van der Waals surface area contributed by atoms with E-state index in [2.05, 4.69) is 31.2 Å². The van der Waals surface area contributed by atoms with E-state index in [1.807, 2.05) is 24.3 Å². The summed E-state index contributed by atoms with van der Waals surface area (Å²) in [6, 6.07) is 7.46. The number of anilines is 1. The maximum atomic E-state index is 5.53. The molecular formula is C19H26N2O3S. The van der Waals surface area contributed by atoms with Crippen LogP contribution in [0.5, 0.6) is 11.5 Å². The van der Waals surface area contributed by atoms with Gasteiger partial charge in [0.05, 0.1) is 25.5 Å². The number of nitrogens with one attached hydrogen (secondary N) is 1. The average Bonchev–Trinajstić information content (AvgIpc) is 3.10. The summed E-state index contributed by atoms with van der Waals surface area (Å²) in [5.74, 6) is 1.80. The second-order valence-electron chi connectivity index (χ2n) is 6.23. The molecule has 0 aliphatic heterocycles. The molecule has 0 aliphatic carbocycles. The Labute approximate surface area is 154 Å². The van der Waals surface area contributed by atoms with Crippen molar-refractivity contribution in [2.45, 2.75) is 45.4 Å². The highest BCUT2D eigenvalue weighted by atomic mass is 32.1. The van der Waals surface area contributed by atoms with Gasteiger partial charge in [0.25, 0.3) is 0 Å². The van der Waals surface area contributed by atoms with Gasteiger partial charge >= 0.3 is 0 Å². The van der Waals surface area contributed by atoms with Gasteiger partial charge in [-0.2, -0.15) is 0 Å². The molecule has 0 radical (unpaired) electrons. The minimum atomic E-state index is 0.00191. The van der Waals surface area contributed by atoms with E-state index in [9.17, 15) is 0 Å². The van der Waals surface area contributed by atoms with E-state index in [1.54, 1.807) is 14.2 Å². The van der Waals surface area contributed by atoms with Gasteiger partial charge in [0.15, 0.2) is 0 Å². The van der Waals surface area contributed by atoms with Crippen molar-refractivity contribution in [2.24, 2.45) is 0 Å². The van der Waals surface area contributed by atoms with Gasteiger partial charge in [-0.3, -0.25) is 0 Å². The number of ether oxygens (including phenoxy) is 2. The molecule has 0 saturated heterocycles. The normalized spacial score (nSPS) is 13.2. The van der Waals surface area contributed by atoms with Crippen molar-refractivity contribution in [3.8, 4) is 11.5 Å². The van der Waals surface area contributed by atoms with Gasteiger partial charge in [0, 0.05) is 11.5 Å². The summed E-state index contributed by atoms with van der Waals surface area (Å²) in [5.41, 5.74) is 1.63. The lowest BCUT2D eigenvalue weighted by Crippen LogP contribution is -2.20. The molecule has 1 aromatic heterocycles. The Morgan fingerprint density at radius 1 is 1.24 bits per heavy atom. The number of benzene rings is 1. The van der Waals surface area contributed by atoms with E-state index in [-0.39, 0.29) is 5.41 Å². The maximum absolute atomic E-state index is 5.53. The van der Waals surface area contributed by atoms with Gasteiger partial charge < -0.3 is 19.3 Å². The number of hydrogen-bond donors (Lipinski definition) is 1. The quantitative estimate of drug-likeness (QED) is 0.671. The molecule has 6 heteroatoms. The number of methoxy groups -OCH3 is 2. The largest absolute Gasteiger partial charge is 0.496 e. The van der Waals surface area contributed by atoms with Crippen LogP contribution in [0.1, 0.15) is 51.3 Å². The van der Waals surface area contributed by atoms with Crippen molar-refractivity contribution in [3.05, 3.63) is 35.5 Å². The molecule has 0 amide bonds. The highest BCUT2D eigenvalue weighted by Gasteiger charge is 2.28. The molecule has 0 spiro atoms. The molecule has 0 fully saturated rings. The predicted octanol–water partition coefficient (Wildman–Crippen LogP) is 4.95. The average molecular weight is 362 g/mol. The molecule has 0 bridgehead atoms. The first-order valence-corrected chi connectivity index (χ1v) is 8.89. The molecule has 1 aromatic carbocycles. The van der Waals surface area contributed by atoms with Crippen molar-refractivity contribution < 1.29 is 14.0 Å². The summed E-state index contributed by atoms with van der Waals surface area (Å²) in [4.78, 5) is 0.464. The van der Waals surface area contributed by atoms with Crippen LogP contribution < -0.4 is 14.8 Å². The molecule has 25 heavy (non-hydrogen) atoms.